The van der Waals surface area contributed by atoms with Gasteiger partial charge >= 0.3 is 0 Å². The van der Waals surface area contributed by atoms with E-state index in [1.807, 2.05) is 0 Å². The Kier molecular flexibility index (Phi) is 6.23. The molecule has 0 aliphatic rings. The minimum atomic E-state index is -0.194. The van der Waals surface area contributed by atoms with E-state index >= 15 is 0 Å². The molecular formula is C26H38O2. The molecule has 0 saturated heterocycles. The van der Waals surface area contributed by atoms with Crippen LogP contribution < -0.4 is 4.74 Å². The Hall–Kier alpha value is -1.96. The SMILES string of the molecule is CC(C(c1ccc(O)cc1)C(C)(C)C)C(C)(C)c1ccc(OC(C)(C)C)cc1. The van der Waals surface area contributed by atoms with Crippen molar-refractivity contribution in [3.63, 3.8) is 0 Å². The van der Waals surface area contributed by atoms with E-state index in [-0.39, 0.29) is 16.4 Å². The molecule has 0 spiro atoms. The molecular weight excluding hydrogens is 344 g/mol. The molecule has 2 atom stereocenters. The van der Waals surface area contributed by atoms with Crippen molar-refractivity contribution in [2.45, 2.75) is 79.2 Å². The summed E-state index contributed by atoms with van der Waals surface area (Å²) in [6.07, 6.45) is 0. The first-order chi connectivity index (χ1) is 12.7. The van der Waals surface area contributed by atoms with E-state index in [1.54, 1.807) is 12.1 Å². The summed E-state index contributed by atoms with van der Waals surface area (Å²) in [6, 6.07) is 16.3. The first-order valence-electron chi connectivity index (χ1n) is 10.3. The van der Waals surface area contributed by atoms with Gasteiger partial charge in [0.05, 0.1) is 0 Å². The van der Waals surface area contributed by atoms with Gasteiger partial charge in [0.15, 0.2) is 0 Å². The van der Waals surface area contributed by atoms with Gasteiger partial charge in [-0.25, -0.2) is 0 Å². The Morgan fingerprint density at radius 2 is 1.25 bits per heavy atom. The predicted molar refractivity (Wildman–Crippen MR) is 119 cm³/mol. The topological polar surface area (TPSA) is 29.5 Å². The fourth-order valence-corrected chi connectivity index (χ4v) is 4.21. The van der Waals surface area contributed by atoms with Crippen LogP contribution in [-0.4, -0.2) is 10.7 Å². The second-order valence-electron chi connectivity index (χ2n) is 10.7. The Labute approximate surface area is 172 Å². The van der Waals surface area contributed by atoms with E-state index in [9.17, 15) is 5.11 Å². The van der Waals surface area contributed by atoms with Crippen molar-refractivity contribution >= 4 is 0 Å². The highest BCUT2D eigenvalue weighted by atomic mass is 16.5. The lowest BCUT2D eigenvalue weighted by molar-refractivity contribution is 0.130. The normalized spacial score (nSPS) is 15.2. The van der Waals surface area contributed by atoms with Crippen LogP contribution in [0.5, 0.6) is 11.5 Å². The minimum Gasteiger partial charge on any atom is -0.508 e. The first kappa shape index (κ1) is 22.3. The average Bonchev–Trinajstić information content (AvgIpc) is 2.54. The molecule has 0 aromatic heterocycles. The van der Waals surface area contributed by atoms with Crippen LogP contribution >= 0.6 is 0 Å². The molecule has 0 bridgehead atoms. The van der Waals surface area contributed by atoms with Crippen molar-refractivity contribution in [2.75, 3.05) is 0 Å². The van der Waals surface area contributed by atoms with Crippen molar-refractivity contribution in [3.05, 3.63) is 59.7 Å². The third-order valence-electron chi connectivity index (χ3n) is 5.85. The second kappa shape index (κ2) is 7.81. The van der Waals surface area contributed by atoms with E-state index in [2.05, 4.69) is 98.7 Å². The molecule has 2 unspecified atom stereocenters. The van der Waals surface area contributed by atoms with Crippen molar-refractivity contribution in [2.24, 2.45) is 11.3 Å². The van der Waals surface area contributed by atoms with Crippen LogP contribution in [0.3, 0.4) is 0 Å². The Balaban J connectivity index is 2.37. The van der Waals surface area contributed by atoms with Crippen LogP contribution in [0.4, 0.5) is 0 Å². The molecule has 154 valence electrons. The molecule has 2 heteroatoms. The quantitative estimate of drug-likeness (QED) is 0.587. The van der Waals surface area contributed by atoms with E-state index in [1.165, 1.54) is 11.1 Å². The van der Waals surface area contributed by atoms with Crippen molar-refractivity contribution in [1.29, 1.82) is 0 Å². The average molecular weight is 383 g/mol. The third kappa shape index (κ3) is 5.31. The number of phenolic OH excluding ortho intramolecular Hbond substituents is 1. The number of hydrogen-bond donors (Lipinski definition) is 1. The number of phenols is 1. The van der Waals surface area contributed by atoms with Gasteiger partial charge in [-0.05, 0) is 78.8 Å². The number of benzene rings is 2. The number of ether oxygens (including phenoxy) is 1. The van der Waals surface area contributed by atoms with Crippen LogP contribution in [0.15, 0.2) is 48.5 Å². The van der Waals surface area contributed by atoms with Crippen LogP contribution in [-0.2, 0) is 5.41 Å². The molecule has 0 aliphatic heterocycles. The van der Waals surface area contributed by atoms with Gasteiger partial charge in [0, 0.05) is 0 Å². The standard InChI is InChI=1S/C26H38O2/c1-18(23(24(2,3)4)19-10-14-21(27)15-11-19)26(8,9)20-12-16-22(17-13-20)28-25(5,6)7/h10-18,23,27H,1-9H3. The summed E-state index contributed by atoms with van der Waals surface area (Å²) in [5, 5.41) is 9.71. The summed E-state index contributed by atoms with van der Waals surface area (Å²) in [4.78, 5) is 0. The highest BCUT2D eigenvalue weighted by Crippen LogP contribution is 2.48. The van der Waals surface area contributed by atoms with E-state index in [0.29, 0.717) is 17.6 Å². The van der Waals surface area contributed by atoms with Gasteiger partial charge in [0.1, 0.15) is 17.1 Å². The highest BCUT2D eigenvalue weighted by molar-refractivity contribution is 5.35. The van der Waals surface area contributed by atoms with Gasteiger partial charge in [0.2, 0.25) is 0 Å². The monoisotopic (exact) mass is 382 g/mol. The summed E-state index contributed by atoms with van der Waals surface area (Å²) in [7, 11) is 0. The van der Waals surface area contributed by atoms with Crippen LogP contribution in [0.25, 0.3) is 0 Å². The van der Waals surface area contributed by atoms with Crippen molar-refractivity contribution in [1.82, 2.24) is 0 Å². The smallest absolute Gasteiger partial charge is 0.120 e. The lowest BCUT2D eigenvalue weighted by Crippen LogP contribution is -2.36. The molecule has 0 saturated carbocycles. The first-order valence-corrected chi connectivity index (χ1v) is 10.3. The van der Waals surface area contributed by atoms with Crippen LogP contribution in [0.2, 0.25) is 0 Å². The van der Waals surface area contributed by atoms with Gasteiger partial charge in [-0.2, -0.15) is 0 Å². The molecule has 1 N–H and O–H groups in total. The molecule has 2 rings (SSSR count). The predicted octanol–water partition coefficient (Wildman–Crippen LogP) is 7.31. The summed E-state index contributed by atoms with van der Waals surface area (Å²) in [5.74, 6) is 1.98. The third-order valence-corrected chi connectivity index (χ3v) is 5.85. The van der Waals surface area contributed by atoms with Crippen molar-refractivity contribution in [3.8, 4) is 11.5 Å². The lowest BCUT2D eigenvalue weighted by Gasteiger charge is -2.44. The van der Waals surface area contributed by atoms with E-state index in [0.717, 1.165) is 5.75 Å². The summed E-state index contributed by atoms with van der Waals surface area (Å²) in [6.45, 7) is 20.1. The fourth-order valence-electron chi connectivity index (χ4n) is 4.21. The van der Waals surface area contributed by atoms with Gasteiger partial charge in [0.25, 0.3) is 0 Å². The Morgan fingerprint density at radius 1 is 0.750 bits per heavy atom. The zero-order chi connectivity index (χ0) is 21.3. The number of hydrogen-bond acceptors (Lipinski definition) is 2. The largest absolute Gasteiger partial charge is 0.508 e. The maximum Gasteiger partial charge on any atom is 0.120 e. The summed E-state index contributed by atoms with van der Waals surface area (Å²) >= 11 is 0. The summed E-state index contributed by atoms with van der Waals surface area (Å²) < 4.78 is 5.99. The molecule has 28 heavy (non-hydrogen) atoms. The second-order valence-corrected chi connectivity index (χ2v) is 10.7. The zero-order valence-electron chi connectivity index (χ0n) is 19.1. The molecule has 0 heterocycles. The van der Waals surface area contributed by atoms with Crippen LogP contribution in [0.1, 0.15) is 79.4 Å². The lowest BCUT2D eigenvalue weighted by atomic mass is 9.60. The Morgan fingerprint density at radius 3 is 1.68 bits per heavy atom. The molecule has 2 aromatic rings. The fraction of sp³-hybridized carbons (Fsp3) is 0.538. The molecule has 0 amide bonds. The molecule has 0 aliphatic carbocycles. The number of rotatable bonds is 5. The maximum absolute atomic E-state index is 9.71. The van der Waals surface area contributed by atoms with Crippen LogP contribution in [0, 0.1) is 11.3 Å². The zero-order valence-corrected chi connectivity index (χ0v) is 19.1. The van der Waals surface area contributed by atoms with E-state index < -0.39 is 0 Å². The van der Waals surface area contributed by atoms with Gasteiger partial charge in [-0.3, -0.25) is 0 Å². The van der Waals surface area contributed by atoms with E-state index in [4.69, 9.17) is 4.74 Å². The molecule has 0 radical (unpaired) electrons. The Bertz CT molecular complexity index is 756. The van der Waals surface area contributed by atoms with Gasteiger partial charge < -0.3 is 9.84 Å². The molecule has 2 nitrogen and oxygen atoms in total. The van der Waals surface area contributed by atoms with Gasteiger partial charge in [-0.1, -0.05) is 65.8 Å². The molecule has 0 fully saturated rings. The van der Waals surface area contributed by atoms with Gasteiger partial charge in [-0.15, -0.1) is 0 Å². The molecule has 2 aromatic carbocycles. The maximum atomic E-state index is 9.71. The summed E-state index contributed by atoms with van der Waals surface area (Å²) in [5.41, 5.74) is 2.48. The highest BCUT2D eigenvalue weighted by Gasteiger charge is 2.40. The number of aromatic hydroxyl groups is 1. The minimum absolute atomic E-state index is 0.0178. The van der Waals surface area contributed by atoms with Crippen molar-refractivity contribution < 1.29 is 9.84 Å².